The minimum absolute atomic E-state index is 0.00524. The van der Waals surface area contributed by atoms with Gasteiger partial charge in [-0.1, -0.05) is 33.1 Å². The van der Waals surface area contributed by atoms with E-state index in [4.69, 9.17) is 32.7 Å². The van der Waals surface area contributed by atoms with Crippen LogP contribution in [0.3, 0.4) is 0 Å². The molecule has 2 aliphatic heterocycles. The van der Waals surface area contributed by atoms with Gasteiger partial charge in [-0.15, -0.1) is 0 Å². The molecule has 2 heterocycles. The van der Waals surface area contributed by atoms with Crippen LogP contribution in [0.5, 0.6) is 0 Å². The lowest BCUT2D eigenvalue weighted by atomic mass is 9.85. The van der Waals surface area contributed by atoms with E-state index in [-0.39, 0.29) is 56.1 Å². The highest BCUT2D eigenvalue weighted by Gasteiger charge is 2.42. The first-order chi connectivity index (χ1) is 20.3. The average Bonchev–Trinajstić information content (AvgIpc) is 3.32. The molecule has 2 saturated heterocycles. The molecule has 13 nitrogen and oxygen atoms in total. The number of aliphatic hydroxyl groups excluding tert-OH is 3. The van der Waals surface area contributed by atoms with Gasteiger partial charge >= 0.3 is 7.82 Å². The summed E-state index contributed by atoms with van der Waals surface area (Å²) in [5, 5.41) is 29.1. The van der Waals surface area contributed by atoms with Crippen molar-refractivity contribution in [2.75, 3.05) is 39.6 Å². The van der Waals surface area contributed by atoms with Gasteiger partial charge in [0.05, 0.1) is 31.5 Å². The van der Waals surface area contributed by atoms with E-state index < -0.39 is 44.8 Å². The van der Waals surface area contributed by atoms with E-state index in [0.717, 1.165) is 32.1 Å². The summed E-state index contributed by atoms with van der Waals surface area (Å²) in [6, 6.07) is 0. The van der Waals surface area contributed by atoms with Gasteiger partial charge in [0.2, 0.25) is 0 Å². The summed E-state index contributed by atoms with van der Waals surface area (Å²) in [5.41, 5.74) is -0.302. The van der Waals surface area contributed by atoms with E-state index in [1.165, 1.54) is 0 Å². The number of carbonyl (C=O) groups is 1. The maximum Gasteiger partial charge on any atom is 0.472 e. The van der Waals surface area contributed by atoms with Crippen molar-refractivity contribution in [3.63, 3.8) is 0 Å². The predicted molar refractivity (Wildman–Crippen MR) is 156 cm³/mol. The van der Waals surface area contributed by atoms with Crippen LogP contribution in [0, 0.1) is 11.8 Å². The van der Waals surface area contributed by atoms with E-state index in [1.807, 2.05) is 34.6 Å². The van der Waals surface area contributed by atoms with Gasteiger partial charge in [-0.05, 0) is 46.0 Å². The van der Waals surface area contributed by atoms with Crippen molar-refractivity contribution in [1.82, 2.24) is 0 Å². The van der Waals surface area contributed by atoms with Crippen LogP contribution in [-0.2, 0) is 42.1 Å². The van der Waals surface area contributed by atoms with E-state index in [9.17, 15) is 29.6 Å². The van der Waals surface area contributed by atoms with Crippen LogP contribution in [0.4, 0.5) is 0 Å². The third kappa shape index (κ3) is 14.6. The highest BCUT2D eigenvalue weighted by molar-refractivity contribution is 7.47. The van der Waals surface area contributed by atoms with Crippen LogP contribution in [0.15, 0.2) is 0 Å². The number of Topliss-reactive ketones (excluding diaryl/α,β-unsaturated/α-hetero) is 1. The molecule has 4 unspecified atom stereocenters. The van der Waals surface area contributed by atoms with Crippen LogP contribution >= 0.6 is 7.82 Å². The first-order valence-corrected chi connectivity index (χ1v) is 17.0. The normalized spacial score (nSPS) is 31.3. The molecule has 9 atom stereocenters. The van der Waals surface area contributed by atoms with E-state index in [2.05, 4.69) is 0 Å². The van der Waals surface area contributed by atoms with Gasteiger partial charge in [-0.3, -0.25) is 13.8 Å². The van der Waals surface area contributed by atoms with Crippen molar-refractivity contribution in [1.29, 1.82) is 0 Å². The van der Waals surface area contributed by atoms with E-state index in [1.54, 1.807) is 0 Å². The number of aliphatic hydroxyl groups is 3. The topological polar surface area (TPSA) is 180 Å². The lowest BCUT2D eigenvalue weighted by Crippen LogP contribution is -2.51. The molecule has 0 amide bonds. The molecule has 254 valence electrons. The fourth-order valence-electron chi connectivity index (χ4n) is 4.91. The molecule has 4 N–H and O–H groups in total. The Hall–Kier alpha value is -0.540. The van der Waals surface area contributed by atoms with E-state index in [0.29, 0.717) is 26.1 Å². The molecule has 0 saturated carbocycles. The third-order valence-electron chi connectivity index (χ3n) is 7.67. The first-order valence-electron chi connectivity index (χ1n) is 15.5. The highest BCUT2D eigenvalue weighted by atomic mass is 31.2. The standard InChI is InChI=1S/C29H55O13P/c1-20-21(2)28(41-25(18-31)27(20)33)37-19-22(32)12-9-7-6-8-10-13-36-26-16-23(24(17-30)40-26)42-43(34,35)39-15-11-14-38-29(3,4)5/h20-21,23-28,30-31,33H,6-19H2,1-5H3,(H,34,35)/t20-,21?,23?,24-,25?,26+,27-,28-/m1/s1. The molecular weight excluding hydrogens is 587 g/mol. The third-order valence-corrected chi connectivity index (χ3v) is 8.72. The molecule has 0 aromatic rings. The van der Waals surface area contributed by atoms with Gasteiger partial charge in [0.1, 0.15) is 24.9 Å². The number of hydrogen-bond acceptors (Lipinski definition) is 12. The number of unbranched alkanes of at least 4 members (excludes halogenated alkanes) is 4. The van der Waals surface area contributed by atoms with Crippen molar-refractivity contribution in [2.45, 2.75) is 129 Å². The Bertz CT molecular complexity index is 836. The van der Waals surface area contributed by atoms with Crippen LogP contribution in [0.25, 0.3) is 0 Å². The monoisotopic (exact) mass is 642 g/mol. The minimum Gasteiger partial charge on any atom is -0.394 e. The van der Waals surface area contributed by atoms with Crippen molar-refractivity contribution >= 4 is 13.6 Å². The summed E-state index contributed by atoms with van der Waals surface area (Å²) in [4.78, 5) is 22.3. The number of ketones is 1. The molecule has 0 spiro atoms. The molecule has 0 aliphatic carbocycles. The summed E-state index contributed by atoms with van der Waals surface area (Å²) in [6.45, 7) is 9.58. The van der Waals surface area contributed by atoms with Gasteiger partial charge in [-0.25, -0.2) is 4.57 Å². The fraction of sp³-hybridized carbons (Fsp3) is 0.966. The van der Waals surface area contributed by atoms with Gasteiger partial charge in [0.25, 0.3) is 0 Å². The summed E-state index contributed by atoms with van der Waals surface area (Å²) in [7, 11) is -4.34. The zero-order chi connectivity index (χ0) is 32.0. The number of ether oxygens (including phenoxy) is 5. The van der Waals surface area contributed by atoms with Crippen molar-refractivity contribution in [2.24, 2.45) is 11.8 Å². The number of phosphoric acid groups is 1. The second kappa shape index (κ2) is 19.2. The SMILES string of the molecule is CC1[C@H](OCC(=O)CCCCCCCO[C@@H]2CC(OP(=O)(O)OCCCOC(C)(C)C)[C@@H](CO)O2)OC(CO)[C@H](O)[C@@H]1C. The van der Waals surface area contributed by atoms with Gasteiger partial charge < -0.3 is 43.9 Å². The van der Waals surface area contributed by atoms with Crippen molar-refractivity contribution < 1.29 is 62.3 Å². The lowest BCUT2D eigenvalue weighted by molar-refractivity contribution is -0.266. The van der Waals surface area contributed by atoms with Gasteiger partial charge in [0.15, 0.2) is 18.4 Å². The first kappa shape index (κ1) is 38.6. The second-order valence-corrected chi connectivity index (χ2v) is 13.9. The maximum absolute atomic E-state index is 12.3. The van der Waals surface area contributed by atoms with E-state index >= 15 is 0 Å². The zero-order valence-electron chi connectivity index (χ0n) is 26.4. The fourth-order valence-corrected chi connectivity index (χ4v) is 5.89. The lowest BCUT2D eigenvalue weighted by Gasteiger charge is -2.41. The quantitative estimate of drug-likeness (QED) is 0.106. The molecule has 2 aliphatic rings. The average molecular weight is 643 g/mol. The molecule has 2 rings (SSSR count). The smallest absolute Gasteiger partial charge is 0.394 e. The Morgan fingerprint density at radius 2 is 1.56 bits per heavy atom. The Balaban J connectivity index is 1.53. The molecule has 0 radical (unpaired) electrons. The van der Waals surface area contributed by atoms with Crippen LogP contribution in [0.2, 0.25) is 0 Å². The molecule has 14 heteroatoms. The maximum atomic E-state index is 12.3. The summed E-state index contributed by atoms with van der Waals surface area (Å²) in [6.07, 6.45) is 0.856. The predicted octanol–water partition coefficient (Wildman–Crippen LogP) is 3.09. The highest BCUT2D eigenvalue weighted by Crippen LogP contribution is 2.47. The number of hydrogen-bond donors (Lipinski definition) is 4. The second-order valence-electron chi connectivity index (χ2n) is 12.5. The number of rotatable bonds is 21. The van der Waals surface area contributed by atoms with Crippen molar-refractivity contribution in [3.05, 3.63) is 0 Å². The van der Waals surface area contributed by atoms with Crippen LogP contribution < -0.4 is 0 Å². The minimum atomic E-state index is -4.34. The van der Waals surface area contributed by atoms with Crippen molar-refractivity contribution in [3.8, 4) is 0 Å². The molecule has 0 bridgehead atoms. The molecule has 0 aromatic carbocycles. The Morgan fingerprint density at radius 3 is 2.23 bits per heavy atom. The van der Waals surface area contributed by atoms with Crippen LogP contribution in [-0.4, -0.2) is 108 Å². The summed E-state index contributed by atoms with van der Waals surface area (Å²) >= 11 is 0. The Morgan fingerprint density at radius 1 is 0.884 bits per heavy atom. The van der Waals surface area contributed by atoms with Crippen LogP contribution in [0.1, 0.15) is 86.0 Å². The molecule has 2 fully saturated rings. The Kier molecular flexibility index (Phi) is 17.3. The number of carbonyl (C=O) groups excluding carboxylic acids is 1. The van der Waals surface area contributed by atoms with Gasteiger partial charge in [-0.2, -0.15) is 0 Å². The summed E-state index contributed by atoms with van der Waals surface area (Å²) in [5.74, 6) is -0.233. The molecular formula is C29H55O13P. The molecule has 0 aromatic heterocycles. The Labute approximate surface area is 256 Å². The summed E-state index contributed by atoms with van der Waals surface area (Å²) < 4.78 is 50.8. The zero-order valence-corrected chi connectivity index (χ0v) is 27.3. The van der Waals surface area contributed by atoms with Gasteiger partial charge in [0, 0.05) is 32.0 Å². The largest absolute Gasteiger partial charge is 0.472 e. The molecule has 43 heavy (non-hydrogen) atoms. The number of phosphoric ester groups is 1.